The second-order valence-electron chi connectivity index (χ2n) is 4.28. The molecule has 0 aromatic heterocycles. The smallest absolute Gasteiger partial charge is 0.240 e. The number of rotatable bonds is 6. The van der Waals surface area contributed by atoms with Gasteiger partial charge in [-0.05, 0) is 37.4 Å². The zero-order valence-corrected chi connectivity index (χ0v) is 13.2. The predicted molar refractivity (Wildman–Crippen MR) is 83.2 cm³/mol. The van der Waals surface area contributed by atoms with Crippen molar-refractivity contribution in [3.63, 3.8) is 0 Å². The lowest BCUT2D eigenvalue weighted by Gasteiger charge is -2.12. The fourth-order valence-electron chi connectivity index (χ4n) is 1.55. The number of aliphatic hydroxyl groups is 1. The molecule has 0 fully saturated rings. The molecule has 1 atom stereocenters. The minimum Gasteiger partial charge on any atom is -0.395 e. The van der Waals surface area contributed by atoms with Crippen LogP contribution < -0.4 is 4.72 Å². The molecular formula is C14H19NO3S2. The first-order valence-corrected chi connectivity index (χ1v) is 9.08. The van der Waals surface area contributed by atoms with Gasteiger partial charge in [-0.2, -0.15) is 11.8 Å². The van der Waals surface area contributed by atoms with Gasteiger partial charge in [0.25, 0.3) is 0 Å². The van der Waals surface area contributed by atoms with Crippen molar-refractivity contribution in [2.45, 2.75) is 24.3 Å². The van der Waals surface area contributed by atoms with Gasteiger partial charge in [0, 0.05) is 23.8 Å². The maximum Gasteiger partial charge on any atom is 0.240 e. The van der Waals surface area contributed by atoms with Gasteiger partial charge in [0.1, 0.15) is 0 Å². The van der Waals surface area contributed by atoms with Gasteiger partial charge in [-0.25, -0.2) is 13.1 Å². The van der Waals surface area contributed by atoms with Gasteiger partial charge in [0.2, 0.25) is 10.0 Å². The first-order valence-electron chi connectivity index (χ1n) is 6.20. The number of benzene rings is 1. The topological polar surface area (TPSA) is 66.4 Å². The standard InChI is InChI=1S/C14H19NO3S2/c1-12(11-19-2)15-20(17,18)14-8-6-13(7-9-14)5-3-4-10-16/h6-9,12,15-16H,4,10-11H2,1-2H3. The predicted octanol–water partition coefficient (Wildman–Crippen LogP) is 1.45. The molecule has 2 N–H and O–H groups in total. The summed E-state index contributed by atoms with van der Waals surface area (Å²) in [5, 5.41) is 8.63. The van der Waals surface area contributed by atoms with Crippen LogP contribution in [-0.4, -0.2) is 38.2 Å². The van der Waals surface area contributed by atoms with Crippen molar-refractivity contribution in [2.24, 2.45) is 0 Å². The lowest BCUT2D eigenvalue weighted by Crippen LogP contribution is -2.34. The number of sulfonamides is 1. The van der Waals surface area contributed by atoms with Crippen LogP contribution in [-0.2, 0) is 10.0 Å². The van der Waals surface area contributed by atoms with E-state index in [1.54, 1.807) is 23.9 Å². The van der Waals surface area contributed by atoms with E-state index in [2.05, 4.69) is 16.6 Å². The molecule has 0 amide bonds. The molecule has 1 aromatic carbocycles. The molecule has 0 bridgehead atoms. The van der Waals surface area contributed by atoms with Gasteiger partial charge in [-0.15, -0.1) is 0 Å². The summed E-state index contributed by atoms with van der Waals surface area (Å²) in [5.74, 6) is 6.37. The Bertz CT molecular complexity index is 571. The van der Waals surface area contributed by atoms with E-state index in [1.807, 2.05) is 13.2 Å². The van der Waals surface area contributed by atoms with E-state index in [-0.39, 0.29) is 17.5 Å². The third kappa shape index (κ3) is 5.55. The molecule has 4 nitrogen and oxygen atoms in total. The van der Waals surface area contributed by atoms with Crippen molar-refractivity contribution in [3.05, 3.63) is 29.8 Å². The van der Waals surface area contributed by atoms with E-state index in [0.717, 1.165) is 11.3 Å². The van der Waals surface area contributed by atoms with Crippen molar-refractivity contribution >= 4 is 21.8 Å². The highest BCUT2D eigenvalue weighted by Gasteiger charge is 2.16. The van der Waals surface area contributed by atoms with Crippen LogP contribution in [0.3, 0.4) is 0 Å². The zero-order valence-electron chi connectivity index (χ0n) is 11.6. The van der Waals surface area contributed by atoms with Crippen molar-refractivity contribution in [2.75, 3.05) is 18.6 Å². The summed E-state index contributed by atoms with van der Waals surface area (Å²) in [5.41, 5.74) is 0.731. The molecular weight excluding hydrogens is 294 g/mol. The van der Waals surface area contributed by atoms with Crippen LogP contribution in [0.5, 0.6) is 0 Å². The second-order valence-corrected chi connectivity index (χ2v) is 6.90. The Morgan fingerprint density at radius 1 is 1.35 bits per heavy atom. The Labute approximate surface area is 125 Å². The number of hydrogen-bond donors (Lipinski definition) is 2. The van der Waals surface area contributed by atoms with Gasteiger partial charge in [-0.1, -0.05) is 11.8 Å². The Hall–Kier alpha value is -1.00. The molecule has 0 aliphatic carbocycles. The summed E-state index contributed by atoms with van der Waals surface area (Å²) in [7, 11) is -3.48. The molecule has 0 spiro atoms. The highest BCUT2D eigenvalue weighted by molar-refractivity contribution is 7.98. The maximum atomic E-state index is 12.1. The SMILES string of the molecule is CSCC(C)NS(=O)(=O)c1ccc(C#CCCO)cc1. The largest absolute Gasteiger partial charge is 0.395 e. The number of aliphatic hydroxyl groups excluding tert-OH is 1. The molecule has 0 aliphatic heterocycles. The van der Waals surface area contributed by atoms with Gasteiger partial charge in [0.05, 0.1) is 11.5 Å². The summed E-state index contributed by atoms with van der Waals surface area (Å²) < 4.78 is 26.8. The fraction of sp³-hybridized carbons (Fsp3) is 0.429. The van der Waals surface area contributed by atoms with E-state index in [0.29, 0.717) is 6.42 Å². The first-order chi connectivity index (χ1) is 9.49. The van der Waals surface area contributed by atoms with Crippen molar-refractivity contribution in [1.82, 2.24) is 4.72 Å². The van der Waals surface area contributed by atoms with E-state index in [9.17, 15) is 8.42 Å². The first kappa shape index (κ1) is 17.1. The molecule has 110 valence electrons. The Kier molecular flexibility index (Phi) is 7.10. The van der Waals surface area contributed by atoms with E-state index >= 15 is 0 Å². The number of thioether (sulfide) groups is 1. The Morgan fingerprint density at radius 2 is 2.00 bits per heavy atom. The number of hydrogen-bond acceptors (Lipinski definition) is 4. The molecule has 0 aliphatic rings. The third-order valence-corrected chi connectivity index (χ3v) is 4.85. The van der Waals surface area contributed by atoms with Gasteiger partial charge >= 0.3 is 0 Å². The Morgan fingerprint density at radius 3 is 2.55 bits per heavy atom. The van der Waals surface area contributed by atoms with Gasteiger partial charge < -0.3 is 5.11 Å². The van der Waals surface area contributed by atoms with Crippen LogP contribution in [0.4, 0.5) is 0 Å². The van der Waals surface area contributed by atoms with E-state index in [4.69, 9.17) is 5.11 Å². The minimum absolute atomic E-state index is 0.0245. The van der Waals surface area contributed by atoms with Crippen molar-refractivity contribution in [3.8, 4) is 11.8 Å². The molecule has 1 unspecified atom stereocenters. The van der Waals surface area contributed by atoms with Crippen LogP contribution in [0, 0.1) is 11.8 Å². The van der Waals surface area contributed by atoms with Crippen LogP contribution in [0.15, 0.2) is 29.2 Å². The van der Waals surface area contributed by atoms with Crippen LogP contribution in [0.2, 0.25) is 0 Å². The van der Waals surface area contributed by atoms with E-state index in [1.165, 1.54) is 12.1 Å². The third-order valence-electron chi connectivity index (χ3n) is 2.41. The zero-order chi connectivity index (χ0) is 15.0. The molecule has 0 saturated carbocycles. The monoisotopic (exact) mass is 313 g/mol. The summed E-state index contributed by atoms with van der Waals surface area (Å²) in [6.45, 7) is 1.86. The highest BCUT2D eigenvalue weighted by atomic mass is 32.2. The summed E-state index contributed by atoms with van der Waals surface area (Å²) in [4.78, 5) is 0.234. The average Bonchev–Trinajstić information content (AvgIpc) is 2.39. The summed E-state index contributed by atoms with van der Waals surface area (Å²) in [6, 6.07) is 6.30. The molecule has 6 heteroatoms. The maximum absolute atomic E-state index is 12.1. The van der Waals surface area contributed by atoms with Crippen LogP contribution in [0.25, 0.3) is 0 Å². The average molecular weight is 313 g/mol. The van der Waals surface area contributed by atoms with Crippen LogP contribution >= 0.6 is 11.8 Å². The minimum atomic E-state index is -3.48. The molecule has 20 heavy (non-hydrogen) atoms. The fourth-order valence-corrected chi connectivity index (χ4v) is 3.49. The molecule has 0 radical (unpaired) electrons. The second kappa shape index (κ2) is 8.32. The quantitative estimate of drug-likeness (QED) is 0.780. The Balaban J connectivity index is 2.80. The van der Waals surface area contributed by atoms with E-state index < -0.39 is 10.0 Å². The van der Waals surface area contributed by atoms with Gasteiger partial charge in [-0.3, -0.25) is 0 Å². The molecule has 0 heterocycles. The summed E-state index contributed by atoms with van der Waals surface area (Å²) in [6.07, 6.45) is 2.35. The normalized spacial score (nSPS) is 12.6. The van der Waals surface area contributed by atoms with Crippen LogP contribution in [0.1, 0.15) is 18.9 Å². The highest BCUT2D eigenvalue weighted by Crippen LogP contribution is 2.11. The lowest BCUT2D eigenvalue weighted by molar-refractivity contribution is 0.305. The summed E-state index contributed by atoms with van der Waals surface area (Å²) >= 11 is 1.59. The molecule has 0 saturated heterocycles. The van der Waals surface area contributed by atoms with Gasteiger partial charge in [0.15, 0.2) is 0 Å². The van der Waals surface area contributed by atoms with Crippen molar-refractivity contribution < 1.29 is 13.5 Å². The molecule has 1 aromatic rings. The molecule has 1 rings (SSSR count). The van der Waals surface area contributed by atoms with Crippen molar-refractivity contribution in [1.29, 1.82) is 0 Å². The lowest BCUT2D eigenvalue weighted by atomic mass is 10.2. The number of nitrogens with one attached hydrogen (secondary N) is 1.